The van der Waals surface area contributed by atoms with Crippen LogP contribution < -0.4 is 16.4 Å². The summed E-state index contributed by atoms with van der Waals surface area (Å²) in [5.74, 6) is 1.57. The van der Waals surface area contributed by atoms with Crippen LogP contribution in [-0.4, -0.2) is 29.1 Å². The molecule has 0 unspecified atom stereocenters. The van der Waals surface area contributed by atoms with Crippen molar-refractivity contribution in [1.82, 2.24) is 9.97 Å². The highest BCUT2D eigenvalue weighted by molar-refractivity contribution is 9.10. The molecule has 2 aliphatic rings. The normalized spacial score (nSPS) is 26.5. The smallest absolute Gasteiger partial charge is 0.141 e. The van der Waals surface area contributed by atoms with Gasteiger partial charge in [-0.05, 0) is 47.0 Å². The van der Waals surface area contributed by atoms with E-state index in [0.29, 0.717) is 5.92 Å². The molecule has 1 saturated heterocycles. The Balaban J connectivity index is 1.70. The number of pyridine rings is 1. The maximum absolute atomic E-state index is 6.44. The third kappa shape index (κ3) is 2.21. The van der Waals surface area contributed by atoms with Crippen molar-refractivity contribution in [3.05, 3.63) is 16.9 Å². The van der Waals surface area contributed by atoms with Gasteiger partial charge in [-0.15, -0.1) is 0 Å². The number of nitrogen functional groups attached to an aromatic ring is 1. The van der Waals surface area contributed by atoms with Gasteiger partial charge in [-0.1, -0.05) is 0 Å². The first kappa shape index (κ1) is 13.4. The van der Waals surface area contributed by atoms with Gasteiger partial charge < -0.3 is 21.4 Å². The van der Waals surface area contributed by atoms with Gasteiger partial charge in [0, 0.05) is 31.5 Å². The van der Waals surface area contributed by atoms with E-state index < -0.39 is 0 Å². The van der Waals surface area contributed by atoms with E-state index in [2.05, 4.69) is 30.8 Å². The van der Waals surface area contributed by atoms with Gasteiger partial charge in [0.2, 0.25) is 0 Å². The molecule has 5 N–H and O–H groups in total. The van der Waals surface area contributed by atoms with Crippen LogP contribution in [0.4, 0.5) is 11.4 Å². The number of nitrogens with zero attached hydrogens (tertiary/aromatic N) is 2. The standard InChI is InChI=1S/C15H20BrN5/c16-10-5-19-15-13(11(17)6-20-15)14(10)21-4-3-9(8-1-2-8)12(18)7-21/h5-6,8-9,12H,1-4,7,17-18H2,(H,19,20)/t9-,12+/m1/s1. The van der Waals surface area contributed by atoms with Crippen LogP contribution >= 0.6 is 15.9 Å². The summed E-state index contributed by atoms with van der Waals surface area (Å²) in [5, 5.41) is 1.00. The number of anilines is 2. The predicted octanol–water partition coefficient (Wildman–Crippen LogP) is 2.47. The van der Waals surface area contributed by atoms with Crippen LogP contribution in [0.15, 0.2) is 16.9 Å². The summed E-state index contributed by atoms with van der Waals surface area (Å²) >= 11 is 3.63. The minimum Gasteiger partial charge on any atom is -0.397 e. The zero-order valence-electron chi connectivity index (χ0n) is 11.8. The fraction of sp³-hybridized carbons (Fsp3) is 0.533. The number of fused-ring (bicyclic) bond motifs is 1. The van der Waals surface area contributed by atoms with Gasteiger partial charge in [0.25, 0.3) is 0 Å². The molecule has 4 rings (SSSR count). The maximum Gasteiger partial charge on any atom is 0.141 e. The van der Waals surface area contributed by atoms with Crippen LogP contribution in [-0.2, 0) is 0 Å². The van der Waals surface area contributed by atoms with E-state index in [4.69, 9.17) is 11.5 Å². The Morgan fingerprint density at radius 3 is 2.86 bits per heavy atom. The van der Waals surface area contributed by atoms with E-state index in [1.807, 2.05) is 12.4 Å². The molecule has 1 aliphatic carbocycles. The number of hydrogen-bond donors (Lipinski definition) is 3. The minimum absolute atomic E-state index is 0.251. The molecule has 0 amide bonds. The molecule has 1 aliphatic heterocycles. The summed E-state index contributed by atoms with van der Waals surface area (Å²) in [6, 6.07) is 0.251. The molecular formula is C15H20BrN5. The van der Waals surface area contributed by atoms with Crippen molar-refractivity contribution in [2.75, 3.05) is 23.7 Å². The number of rotatable bonds is 2. The molecule has 112 valence electrons. The van der Waals surface area contributed by atoms with Crippen molar-refractivity contribution >= 4 is 38.3 Å². The van der Waals surface area contributed by atoms with Gasteiger partial charge in [0.1, 0.15) is 5.65 Å². The van der Waals surface area contributed by atoms with Crippen molar-refractivity contribution in [2.24, 2.45) is 17.6 Å². The monoisotopic (exact) mass is 349 g/mol. The van der Waals surface area contributed by atoms with Crippen LogP contribution in [0.25, 0.3) is 11.0 Å². The van der Waals surface area contributed by atoms with Crippen LogP contribution in [0.3, 0.4) is 0 Å². The minimum atomic E-state index is 0.251. The van der Waals surface area contributed by atoms with E-state index in [1.165, 1.54) is 19.3 Å². The summed E-state index contributed by atoms with van der Waals surface area (Å²) in [6.45, 7) is 1.93. The number of H-pyrrole nitrogens is 1. The number of aromatic amines is 1. The average molecular weight is 350 g/mol. The Bertz CT molecular complexity index is 678. The Morgan fingerprint density at radius 1 is 1.33 bits per heavy atom. The molecule has 5 nitrogen and oxygen atoms in total. The van der Waals surface area contributed by atoms with Crippen molar-refractivity contribution in [1.29, 1.82) is 0 Å². The van der Waals surface area contributed by atoms with Crippen molar-refractivity contribution < 1.29 is 0 Å². The first-order valence-electron chi connectivity index (χ1n) is 7.56. The largest absolute Gasteiger partial charge is 0.397 e. The number of aromatic nitrogens is 2. The highest BCUT2D eigenvalue weighted by Gasteiger charge is 2.38. The van der Waals surface area contributed by atoms with Crippen molar-refractivity contribution in [2.45, 2.75) is 25.3 Å². The lowest BCUT2D eigenvalue weighted by molar-refractivity contribution is 0.315. The van der Waals surface area contributed by atoms with Crippen molar-refractivity contribution in [3.8, 4) is 0 Å². The molecule has 2 aromatic rings. The molecule has 3 heterocycles. The van der Waals surface area contributed by atoms with Crippen molar-refractivity contribution in [3.63, 3.8) is 0 Å². The van der Waals surface area contributed by atoms with Gasteiger partial charge in [0.05, 0.1) is 21.2 Å². The number of hydrogen-bond acceptors (Lipinski definition) is 4. The molecule has 2 aromatic heterocycles. The summed E-state index contributed by atoms with van der Waals surface area (Å²) in [6.07, 6.45) is 7.56. The fourth-order valence-corrected chi connectivity index (χ4v) is 4.25. The second-order valence-electron chi connectivity index (χ2n) is 6.32. The third-order valence-corrected chi connectivity index (χ3v) is 5.50. The van der Waals surface area contributed by atoms with E-state index >= 15 is 0 Å². The quantitative estimate of drug-likeness (QED) is 0.777. The first-order valence-corrected chi connectivity index (χ1v) is 8.36. The van der Waals surface area contributed by atoms with Gasteiger partial charge >= 0.3 is 0 Å². The molecule has 2 atom stereocenters. The second-order valence-corrected chi connectivity index (χ2v) is 7.18. The summed E-state index contributed by atoms with van der Waals surface area (Å²) < 4.78 is 0.985. The van der Waals surface area contributed by atoms with Crippen LogP contribution in [0, 0.1) is 11.8 Å². The molecule has 21 heavy (non-hydrogen) atoms. The van der Waals surface area contributed by atoms with Crippen LogP contribution in [0.1, 0.15) is 19.3 Å². The van der Waals surface area contributed by atoms with Gasteiger partial charge in [-0.25, -0.2) is 4.98 Å². The molecule has 0 aromatic carbocycles. The topological polar surface area (TPSA) is 84.0 Å². The van der Waals surface area contributed by atoms with Crippen LogP contribution in [0.5, 0.6) is 0 Å². The highest BCUT2D eigenvalue weighted by Crippen LogP contribution is 2.44. The third-order valence-electron chi connectivity index (χ3n) is 4.92. The lowest BCUT2D eigenvalue weighted by Gasteiger charge is -2.39. The van der Waals surface area contributed by atoms with E-state index in [-0.39, 0.29) is 6.04 Å². The van der Waals surface area contributed by atoms with E-state index in [0.717, 1.165) is 45.9 Å². The predicted molar refractivity (Wildman–Crippen MR) is 89.2 cm³/mol. The van der Waals surface area contributed by atoms with E-state index in [9.17, 15) is 0 Å². The fourth-order valence-electron chi connectivity index (χ4n) is 3.70. The highest BCUT2D eigenvalue weighted by atomic mass is 79.9. The molecular weight excluding hydrogens is 330 g/mol. The molecule has 0 spiro atoms. The number of piperidine rings is 1. The zero-order chi connectivity index (χ0) is 14.6. The lowest BCUT2D eigenvalue weighted by Crippen LogP contribution is -2.49. The van der Waals surface area contributed by atoms with E-state index in [1.54, 1.807) is 0 Å². The maximum atomic E-state index is 6.44. The SMILES string of the molecule is Nc1c[nH]c2ncc(Br)c(N3CC[C@H](C4CC4)[C@@H](N)C3)c12. The summed E-state index contributed by atoms with van der Waals surface area (Å²) in [4.78, 5) is 9.88. The Labute approximate surface area is 132 Å². The molecule has 0 bridgehead atoms. The Kier molecular flexibility index (Phi) is 3.11. The lowest BCUT2D eigenvalue weighted by atomic mass is 9.87. The number of nitrogens with two attached hydrogens (primary N) is 2. The Hall–Kier alpha value is -1.27. The molecule has 6 heteroatoms. The second kappa shape index (κ2) is 4.88. The zero-order valence-corrected chi connectivity index (χ0v) is 13.4. The average Bonchev–Trinajstić information content (AvgIpc) is 3.24. The molecule has 1 saturated carbocycles. The molecule has 0 radical (unpaired) electrons. The van der Waals surface area contributed by atoms with Crippen LogP contribution in [0.2, 0.25) is 0 Å². The van der Waals surface area contributed by atoms with Gasteiger partial charge in [0.15, 0.2) is 0 Å². The Morgan fingerprint density at radius 2 is 2.14 bits per heavy atom. The summed E-state index contributed by atoms with van der Waals surface area (Å²) in [7, 11) is 0. The van der Waals surface area contributed by atoms with Gasteiger partial charge in [-0.2, -0.15) is 0 Å². The first-order chi connectivity index (χ1) is 10.1. The number of nitrogens with one attached hydrogen (secondary N) is 1. The number of halogens is 1. The molecule has 2 fully saturated rings. The van der Waals surface area contributed by atoms with Gasteiger partial charge in [-0.3, -0.25) is 0 Å². The summed E-state index contributed by atoms with van der Waals surface area (Å²) in [5.41, 5.74) is 15.3.